The number of nitrogens with zero attached hydrogens (tertiary/aromatic N) is 2. The second-order valence-electron chi connectivity index (χ2n) is 6.97. The van der Waals surface area contributed by atoms with Crippen molar-refractivity contribution in [2.24, 2.45) is 5.16 Å². The lowest BCUT2D eigenvalue weighted by Gasteiger charge is -2.30. The van der Waals surface area contributed by atoms with Gasteiger partial charge in [-0.1, -0.05) is 23.4 Å². The van der Waals surface area contributed by atoms with Gasteiger partial charge in [0.1, 0.15) is 0 Å². The van der Waals surface area contributed by atoms with Crippen LogP contribution in [-0.2, 0) is 16.1 Å². The van der Waals surface area contributed by atoms with Gasteiger partial charge in [0, 0.05) is 24.2 Å². The summed E-state index contributed by atoms with van der Waals surface area (Å²) >= 11 is 0. The van der Waals surface area contributed by atoms with E-state index in [2.05, 4.69) is 11.2 Å². The molecule has 2 heterocycles. The molecule has 0 unspecified atom stereocenters. The highest BCUT2D eigenvalue weighted by atomic mass is 16.6. The minimum Gasteiger partial charge on any atom is -0.493 e. The van der Waals surface area contributed by atoms with Gasteiger partial charge >= 0.3 is 0 Å². The molecule has 29 heavy (non-hydrogen) atoms. The third-order valence-corrected chi connectivity index (χ3v) is 5.32. The summed E-state index contributed by atoms with van der Waals surface area (Å²) in [6, 6.07) is 11.6. The van der Waals surface area contributed by atoms with Crippen molar-refractivity contribution in [3.63, 3.8) is 0 Å². The molecule has 7 nitrogen and oxygen atoms in total. The fraction of sp³-hybridized carbons (Fsp3) is 0.364. The number of methoxy groups -OCH3 is 3. The molecule has 0 saturated heterocycles. The Morgan fingerprint density at radius 2 is 1.83 bits per heavy atom. The number of anilines is 1. The van der Waals surface area contributed by atoms with Gasteiger partial charge in [0.05, 0.1) is 27.0 Å². The molecule has 152 valence electrons. The van der Waals surface area contributed by atoms with Crippen molar-refractivity contribution >= 4 is 17.3 Å². The summed E-state index contributed by atoms with van der Waals surface area (Å²) in [5.41, 5.74) is 3.60. The largest absolute Gasteiger partial charge is 0.493 e. The molecule has 2 aliphatic rings. The van der Waals surface area contributed by atoms with E-state index in [-0.39, 0.29) is 5.91 Å². The summed E-state index contributed by atoms with van der Waals surface area (Å²) in [7, 11) is 4.68. The molecular formula is C22H24N2O5. The lowest BCUT2D eigenvalue weighted by Crippen LogP contribution is -2.42. The van der Waals surface area contributed by atoms with E-state index in [4.69, 9.17) is 19.0 Å². The molecule has 1 atom stereocenters. The molecule has 0 N–H and O–H groups in total. The number of carbonyl (C=O) groups excluding carboxylic acids is 1. The van der Waals surface area contributed by atoms with Gasteiger partial charge in [-0.2, -0.15) is 0 Å². The summed E-state index contributed by atoms with van der Waals surface area (Å²) in [5.74, 6) is 1.51. The average molecular weight is 396 g/mol. The second-order valence-corrected chi connectivity index (χ2v) is 6.97. The van der Waals surface area contributed by atoms with E-state index in [1.165, 1.54) is 5.56 Å². The zero-order valence-electron chi connectivity index (χ0n) is 16.8. The monoisotopic (exact) mass is 396 g/mol. The Morgan fingerprint density at radius 1 is 1.10 bits per heavy atom. The average Bonchev–Trinajstić information content (AvgIpc) is 3.27. The highest BCUT2D eigenvalue weighted by Gasteiger charge is 2.35. The number of para-hydroxylation sites is 1. The molecule has 0 bridgehead atoms. The van der Waals surface area contributed by atoms with E-state index in [0.29, 0.717) is 35.9 Å². The highest BCUT2D eigenvalue weighted by Crippen LogP contribution is 2.39. The zero-order valence-corrected chi connectivity index (χ0v) is 16.8. The zero-order chi connectivity index (χ0) is 20.4. The summed E-state index contributed by atoms with van der Waals surface area (Å²) in [5, 5.41) is 4.18. The molecular weight excluding hydrogens is 372 g/mol. The number of carbonyl (C=O) groups is 1. The number of oxime groups is 1. The molecule has 2 aromatic rings. The Hall–Kier alpha value is -3.22. The van der Waals surface area contributed by atoms with Gasteiger partial charge < -0.3 is 23.9 Å². The van der Waals surface area contributed by atoms with E-state index < -0.39 is 6.10 Å². The number of rotatable bonds is 5. The molecule has 2 aliphatic heterocycles. The Labute approximate surface area is 169 Å². The number of hydrogen-bond acceptors (Lipinski definition) is 6. The maximum atomic E-state index is 13.1. The standard InChI is InChI=1S/C22H24N2O5/c1-26-18-11-15(12-19(27-2)21(18)28-3)16-13-20(29-23-16)22(25)24-10-6-8-14-7-4-5-9-17(14)24/h4-5,7,9,11-12,20H,6,8,10,13H2,1-3H3/t20-/m0/s1. The van der Waals surface area contributed by atoms with Crippen molar-refractivity contribution in [3.8, 4) is 17.2 Å². The van der Waals surface area contributed by atoms with Crippen LogP contribution < -0.4 is 19.1 Å². The fourth-order valence-corrected chi connectivity index (χ4v) is 3.86. The Morgan fingerprint density at radius 3 is 2.52 bits per heavy atom. The molecule has 7 heteroatoms. The number of hydrogen-bond donors (Lipinski definition) is 0. The van der Waals surface area contributed by atoms with Gasteiger partial charge in [-0.05, 0) is 36.6 Å². The summed E-state index contributed by atoms with van der Waals surface area (Å²) in [4.78, 5) is 20.5. The van der Waals surface area contributed by atoms with E-state index in [0.717, 1.165) is 24.1 Å². The first-order valence-corrected chi connectivity index (χ1v) is 9.58. The van der Waals surface area contributed by atoms with Crippen LogP contribution in [0.1, 0.15) is 24.0 Å². The lowest BCUT2D eigenvalue weighted by atomic mass is 9.99. The van der Waals surface area contributed by atoms with Gasteiger partial charge in [-0.25, -0.2) is 0 Å². The van der Waals surface area contributed by atoms with E-state index in [1.807, 2.05) is 35.2 Å². The van der Waals surface area contributed by atoms with Crippen LogP contribution in [0.3, 0.4) is 0 Å². The summed E-state index contributed by atoms with van der Waals surface area (Å²) in [6.45, 7) is 0.690. The molecule has 0 saturated carbocycles. The van der Waals surface area contributed by atoms with Crippen LogP contribution >= 0.6 is 0 Å². The van der Waals surface area contributed by atoms with Crippen LogP contribution in [-0.4, -0.2) is 45.6 Å². The van der Waals surface area contributed by atoms with Crippen molar-refractivity contribution in [2.75, 3.05) is 32.8 Å². The quantitative estimate of drug-likeness (QED) is 0.776. The Bertz CT molecular complexity index is 931. The number of aryl methyl sites for hydroxylation is 1. The second kappa shape index (κ2) is 8.03. The Balaban J connectivity index is 1.55. The molecule has 4 rings (SSSR count). The first-order valence-electron chi connectivity index (χ1n) is 9.58. The summed E-state index contributed by atoms with van der Waals surface area (Å²) in [6.07, 6.45) is 1.67. The van der Waals surface area contributed by atoms with Crippen LogP contribution in [0.2, 0.25) is 0 Å². The number of fused-ring (bicyclic) bond motifs is 1. The molecule has 2 aromatic carbocycles. The first-order chi connectivity index (χ1) is 14.2. The molecule has 0 spiro atoms. The van der Waals surface area contributed by atoms with Gasteiger partial charge in [0.2, 0.25) is 11.9 Å². The first kappa shape index (κ1) is 19.1. The highest BCUT2D eigenvalue weighted by molar-refractivity contribution is 6.07. The van der Waals surface area contributed by atoms with Crippen molar-refractivity contribution in [1.29, 1.82) is 0 Å². The molecule has 0 radical (unpaired) electrons. The minimum absolute atomic E-state index is 0.0664. The third-order valence-electron chi connectivity index (χ3n) is 5.32. The molecule has 0 aliphatic carbocycles. The van der Waals surface area contributed by atoms with Gasteiger partial charge in [-0.3, -0.25) is 4.79 Å². The Kier molecular flexibility index (Phi) is 5.29. The smallest absolute Gasteiger partial charge is 0.271 e. The van der Waals surface area contributed by atoms with Gasteiger partial charge in [-0.15, -0.1) is 0 Å². The van der Waals surface area contributed by atoms with Crippen LogP contribution in [0.4, 0.5) is 5.69 Å². The summed E-state index contributed by atoms with van der Waals surface area (Å²) < 4.78 is 16.2. The molecule has 1 amide bonds. The SMILES string of the molecule is COc1cc(C2=NO[C@H](C(=O)N3CCCc4ccccc43)C2)cc(OC)c1OC. The number of amides is 1. The maximum absolute atomic E-state index is 13.1. The van der Waals surface area contributed by atoms with Crippen molar-refractivity contribution in [2.45, 2.75) is 25.4 Å². The molecule has 0 fully saturated rings. The third kappa shape index (κ3) is 3.48. The number of ether oxygens (including phenoxy) is 3. The fourth-order valence-electron chi connectivity index (χ4n) is 3.86. The predicted octanol–water partition coefficient (Wildman–Crippen LogP) is 3.18. The van der Waals surface area contributed by atoms with Crippen molar-refractivity contribution in [1.82, 2.24) is 0 Å². The normalized spacial score (nSPS) is 17.8. The van der Waals surface area contributed by atoms with Gasteiger partial charge in [0.15, 0.2) is 11.5 Å². The van der Waals surface area contributed by atoms with Crippen molar-refractivity contribution < 1.29 is 23.8 Å². The maximum Gasteiger partial charge on any atom is 0.271 e. The lowest BCUT2D eigenvalue weighted by molar-refractivity contribution is -0.128. The predicted molar refractivity (Wildman–Crippen MR) is 109 cm³/mol. The topological polar surface area (TPSA) is 69.6 Å². The minimum atomic E-state index is -0.643. The van der Waals surface area contributed by atoms with E-state index >= 15 is 0 Å². The van der Waals surface area contributed by atoms with Crippen LogP contribution in [0.15, 0.2) is 41.6 Å². The van der Waals surface area contributed by atoms with Crippen molar-refractivity contribution in [3.05, 3.63) is 47.5 Å². The van der Waals surface area contributed by atoms with Crippen LogP contribution in [0.25, 0.3) is 0 Å². The van der Waals surface area contributed by atoms with E-state index in [9.17, 15) is 4.79 Å². The van der Waals surface area contributed by atoms with Gasteiger partial charge in [0.25, 0.3) is 5.91 Å². The van der Waals surface area contributed by atoms with Crippen LogP contribution in [0.5, 0.6) is 17.2 Å². The number of benzene rings is 2. The van der Waals surface area contributed by atoms with E-state index in [1.54, 1.807) is 21.3 Å². The van der Waals surface area contributed by atoms with Crippen LogP contribution in [0, 0.1) is 0 Å². The molecule has 0 aromatic heterocycles.